The largest absolute Gasteiger partial charge is 0.435 e. The molecular weight excluding hydrogens is 427 g/mol. The molecule has 27 heavy (non-hydrogen) atoms. The van der Waals surface area contributed by atoms with Crippen molar-refractivity contribution in [3.63, 3.8) is 0 Å². The van der Waals surface area contributed by atoms with Crippen molar-refractivity contribution in [2.45, 2.75) is 58.4 Å². The van der Waals surface area contributed by atoms with E-state index in [0.717, 1.165) is 29.1 Å². The maximum Gasteiger partial charge on any atom is 0.435 e. The van der Waals surface area contributed by atoms with Crippen LogP contribution < -0.4 is 5.32 Å². The van der Waals surface area contributed by atoms with E-state index in [0.29, 0.717) is 18.8 Å². The third-order valence-electron chi connectivity index (χ3n) is 4.62. The summed E-state index contributed by atoms with van der Waals surface area (Å²) < 4.78 is 42.9. The van der Waals surface area contributed by atoms with Crippen LogP contribution in [0.4, 0.5) is 13.2 Å². The Bertz CT molecular complexity index is 825. The minimum atomic E-state index is -4.48. The number of carbonyl (C=O) groups is 1. The predicted molar refractivity (Wildman–Crippen MR) is 95.8 cm³/mol. The number of alkyl halides is 3. The van der Waals surface area contributed by atoms with Gasteiger partial charge in [0.05, 0.1) is 35.4 Å². The zero-order valence-electron chi connectivity index (χ0n) is 15.1. The summed E-state index contributed by atoms with van der Waals surface area (Å²) in [5, 5.41) is 10.7. The van der Waals surface area contributed by atoms with E-state index in [1.54, 1.807) is 17.8 Å². The summed E-state index contributed by atoms with van der Waals surface area (Å²) in [6.45, 7) is 4.71. The van der Waals surface area contributed by atoms with Gasteiger partial charge in [-0.15, -0.1) is 0 Å². The Labute approximate surface area is 163 Å². The SMILES string of the molecule is CCn1ncc(Br)c1CNC(=O)C(C)Cn1nc(C(F)(F)F)cc1C1CC1. The predicted octanol–water partition coefficient (Wildman–Crippen LogP) is 3.71. The molecule has 148 valence electrons. The average Bonchev–Trinajstić information content (AvgIpc) is 3.25. The van der Waals surface area contributed by atoms with Gasteiger partial charge < -0.3 is 5.32 Å². The van der Waals surface area contributed by atoms with Crippen molar-refractivity contribution < 1.29 is 18.0 Å². The molecule has 1 aliphatic rings. The van der Waals surface area contributed by atoms with Crippen LogP contribution in [0.1, 0.15) is 49.7 Å². The molecule has 2 aromatic heterocycles. The number of aromatic nitrogens is 4. The number of carbonyl (C=O) groups excluding carboxylic acids is 1. The summed E-state index contributed by atoms with van der Waals surface area (Å²) in [4.78, 5) is 12.4. The molecule has 2 aromatic rings. The lowest BCUT2D eigenvalue weighted by Gasteiger charge is -2.15. The first-order valence-corrected chi connectivity index (χ1v) is 9.62. The van der Waals surface area contributed by atoms with Crippen molar-refractivity contribution in [1.29, 1.82) is 0 Å². The molecule has 6 nitrogen and oxygen atoms in total. The molecule has 1 fully saturated rings. The smallest absolute Gasteiger partial charge is 0.350 e. The molecule has 0 aliphatic heterocycles. The van der Waals surface area contributed by atoms with Gasteiger partial charge in [-0.05, 0) is 41.8 Å². The lowest BCUT2D eigenvalue weighted by Crippen LogP contribution is -2.32. The molecule has 0 bridgehead atoms. The van der Waals surface area contributed by atoms with Crippen LogP contribution in [0.15, 0.2) is 16.7 Å². The molecule has 1 N–H and O–H groups in total. The summed E-state index contributed by atoms with van der Waals surface area (Å²) in [6, 6.07) is 1.11. The zero-order valence-corrected chi connectivity index (χ0v) is 16.6. The number of rotatable bonds is 7. The molecule has 0 spiro atoms. The van der Waals surface area contributed by atoms with E-state index in [1.165, 1.54) is 4.68 Å². The molecule has 0 saturated heterocycles. The van der Waals surface area contributed by atoms with Crippen LogP contribution in [-0.2, 0) is 30.6 Å². The topological polar surface area (TPSA) is 64.7 Å². The van der Waals surface area contributed by atoms with E-state index < -0.39 is 17.8 Å². The van der Waals surface area contributed by atoms with E-state index in [4.69, 9.17) is 0 Å². The highest BCUT2D eigenvalue weighted by atomic mass is 79.9. The summed E-state index contributed by atoms with van der Waals surface area (Å²) in [5.41, 5.74) is 0.511. The molecule has 1 amide bonds. The number of nitrogens with one attached hydrogen (secondary N) is 1. The maximum atomic E-state index is 13.0. The first-order valence-electron chi connectivity index (χ1n) is 8.83. The first kappa shape index (κ1) is 19.9. The monoisotopic (exact) mass is 447 g/mol. The molecule has 1 atom stereocenters. The molecule has 3 rings (SSSR count). The Morgan fingerprint density at radius 3 is 2.70 bits per heavy atom. The number of nitrogens with zero attached hydrogens (tertiary/aromatic N) is 4. The van der Waals surface area contributed by atoms with Crippen LogP contribution in [0.2, 0.25) is 0 Å². The van der Waals surface area contributed by atoms with Gasteiger partial charge in [0.15, 0.2) is 5.69 Å². The van der Waals surface area contributed by atoms with E-state index in [9.17, 15) is 18.0 Å². The van der Waals surface area contributed by atoms with Gasteiger partial charge in [0.1, 0.15) is 0 Å². The Kier molecular flexibility index (Phi) is 5.64. The Hall–Kier alpha value is -1.84. The van der Waals surface area contributed by atoms with Crippen LogP contribution in [0.25, 0.3) is 0 Å². The second-order valence-electron chi connectivity index (χ2n) is 6.78. The third kappa shape index (κ3) is 4.53. The molecule has 0 radical (unpaired) electrons. The highest BCUT2D eigenvalue weighted by Crippen LogP contribution is 2.42. The fourth-order valence-corrected chi connectivity index (χ4v) is 3.38. The maximum absolute atomic E-state index is 13.0. The van der Waals surface area contributed by atoms with Crippen molar-refractivity contribution in [2.24, 2.45) is 5.92 Å². The molecular formula is C17H21BrF3N5O. The van der Waals surface area contributed by atoms with Crippen molar-refractivity contribution in [3.05, 3.63) is 33.8 Å². The number of aryl methyl sites for hydroxylation is 1. The van der Waals surface area contributed by atoms with Crippen molar-refractivity contribution in [2.75, 3.05) is 0 Å². The molecule has 10 heteroatoms. The van der Waals surface area contributed by atoms with E-state index in [1.807, 2.05) is 6.92 Å². The van der Waals surface area contributed by atoms with Gasteiger partial charge in [-0.25, -0.2) is 0 Å². The van der Waals surface area contributed by atoms with Gasteiger partial charge >= 0.3 is 6.18 Å². The minimum Gasteiger partial charge on any atom is -0.350 e. The summed E-state index contributed by atoms with van der Waals surface area (Å²) in [5.74, 6) is -0.643. The van der Waals surface area contributed by atoms with Crippen LogP contribution in [0.3, 0.4) is 0 Å². The van der Waals surface area contributed by atoms with Gasteiger partial charge in [0.2, 0.25) is 5.91 Å². The Balaban J connectivity index is 1.66. The van der Waals surface area contributed by atoms with Gasteiger partial charge in [-0.2, -0.15) is 23.4 Å². The fourth-order valence-electron chi connectivity index (χ4n) is 2.95. The number of halogens is 4. The van der Waals surface area contributed by atoms with Crippen molar-refractivity contribution >= 4 is 21.8 Å². The highest BCUT2D eigenvalue weighted by molar-refractivity contribution is 9.10. The molecule has 2 heterocycles. The molecule has 1 unspecified atom stereocenters. The zero-order chi connectivity index (χ0) is 19.8. The molecule has 1 aliphatic carbocycles. The number of amides is 1. The van der Waals surface area contributed by atoms with Gasteiger partial charge in [0, 0.05) is 18.2 Å². The van der Waals surface area contributed by atoms with Gasteiger partial charge in [0.25, 0.3) is 0 Å². The Morgan fingerprint density at radius 2 is 2.11 bits per heavy atom. The normalized spacial score (nSPS) is 15.8. The number of hydrogen-bond donors (Lipinski definition) is 1. The van der Waals surface area contributed by atoms with Crippen molar-refractivity contribution in [3.8, 4) is 0 Å². The average molecular weight is 448 g/mol. The number of hydrogen-bond acceptors (Lipinski definition) is 3. The standard InChI is InChI=1S/C17H21BrF3N5O/c1-3-25-14(12(18)7-23-25)8-22-16(27)10(2)9-26-13(11-4-5-11)6-15(24-26)17(19,20)21/h6-7,10-11H,3-5,8-9H2,1-2H3,(H,22,27). The minimum absolute atomic E-state index is 0.110. The van der Waals surface area contributed by atoms with Gasteiger partial charge in [-0.1, -0.05) is 6.92 Å². The van der Waals surface area contributed by atoms with Crippen LogP contribution in [-0.4, -0.2) is 25.5 Å². The molecule has 0 aromatic carbocycles. The van der Waals surface area contributed by atoms with Gasteiger partial charge in [-0.3, -0.25) is 14.2 Å². The van der Waals surface area contributed by atoms with Crippen molar-refractivity contribution in [1.82, 2.24) is 24.9 Å². The third-order valence-corrected chi connectivity index (χ3v) is 5.28. The highest BCUT2D eigenvalue weighted by Gasteiger charge is 2.38. The Morgan fingerprint density at radius 1 is 1.41 bits per heavy atom. The lowest BCUT2D eigenvalue weighted by atomic mass is 10.1. The molecule has 1 saturated carbocycles. The summed E-state index contributed by atoms with van der Waals surface area (Å²) in [6.07, 6.45) is -1.10. The second-order valence-corrected chi connectivity index (χ2v) is 7.64. The van der Waals surface area contributed by atoms with E-state index in [2.05, 4.69) is 31.4 Å². The van der Waals surface area contributed by atoms with E-state index in [-0.39, 0.29) is 18.4 Å². The lowest BCUT2D eigenvalue weighted by molar-refractivity contribution is -0.141. The quantitative estimate of drug-likeness (QED) is 0.703. The van der Waals surface area contributed by atoms with E-state index >= 15 is 0 Å². The second kappa shape index (κ2) is 7.65. The summed E-state index contributed by atoms with van der Waals surface area (Å²) in [7, 11) is 0. The first-order chi connectivity index (χ1) is 12.7. The summed E-state index contributed by atoms with van der Waals surface area (Å²) >= 11 is 3.40. The van der Waals surface area contributed by atoms with Crippen LogP contribution >= 0.6 is 15.9 Å². The van der Waals surface area contributed by atoms with Crippen LogP contribution in [0.5, 0.6) is 0 Å². The van der Waals surface area contributed by atoms with Crippen LogP contribution in [0, 0.1) is 5.92 Å². The fraction of sp³-hybridized carbons (Fsp3) is 0.588.